The highest BCUT2D eigenvalue weighted by Gasteiger charge is 2.37. The molecule has 150 valence electrons. The minimum atomic E-state index is -1.08. The van der Waals surface area contributed by atoms with E-state index >= 15 is 0 Å². The molecule has 0 spiro atoms. The summed E-state index contributed by atoms with van der Waals surface area (Å²) in [4.78, 5) is 23.6. The van der Waals surface area contributed by atoms with Crippen LogP contribution in [0, 0.1) is 5.92 Å². The zero-order chi connectivity index (χ0) is 20.6. The smallest absolute Gasteiger partial charge is 0.337 e. The Morgan fingerprint density at radius 3 is 2.72 bits per heavy atom. The van der Waals surface area contributed by atoms with Crippen molar-refractivity contribution in [1.29, 1.82) is 0 Å². The average molecular weight is 391 g/mol. The van der Waals surface area contributed by atoms with Crippen molar-refractivity contribution in [1.82, 2.24) is 5.43 Å². The number of para-hydroxylation sites is 1. The Morgan fingerprint density at radius 1 is 1.24 bits per heavy atom. The molecule has 2 aromatic carbocycles. The van der Waals surface area contributed by atoms with Gasteiger partial charge in [-0.1, -0.05) is 18.2 Å². The molecule has 0 saturated heterocycles. The number of carboxylic acid groups (broad SMARTS) is 1. The molecular weight excluding hydrogens is 366 g/mol. The maximum Gasteiger partial charge on any atom is 0.337 e. The van der Waals surface area contributed by atoms with Gasteiger partial charge in [0.15, 0.2) is 0 Å². The molecule has 2 aromatic rings. The van der Waals surface area contributed by atoms with Crippen LogP contribution in [0.5, 0.6) is 0 Å². The van der Waals surface area contributed by atoms with Crippen LogP contribution in [0.4, 0.5) is 11.4 Å². The van der Waals surface area contributed by atoms with Crippen molar-refractivity contribution in [2.45, 2.75) is 32.2 Å². The van der Waals surface area contributed by atoms with E-state index in [-0.39, 0.29) is 22.7 Å². The molecule has 0 atom stereocenters. The zero-order valence-electron chi connectivity index (χ0n) is 16.6. The SMILES string of the molecule is CC1(C)NN(CC2CC2)c2ccc(/C=C/C(=O)Nc3ccccc3C(=O)O)cc21. The van der Waals surface area contributed by atoms with Crippen molar-refractivity contribution in [2.24, 2.45) is 5.92 Å². The predicted molar refractivity (Wildman–Crippen MR) is 114 cm³/mol. The molecule has 1 saturated carbocycles. The number of amides is 1. The van der Waals surface area contributed by atoms with Crippen LogP contribution in [0.2, 0.25) is 0 Å². The standard InChI is InChI=1S/C23H25N3O3/c1-23(2)18-13-15(9-11-20(18)26(25-23)14-16-7-8-16)10-12-21(27)24-19-6-4-3-5-17(19)22(28)29/h3-6,9-13,16,25H,7-8,14H2,1-2H3,(H,24,27)(H,28,29)/b12-10+. The Balaban J connectivity index is 1.49. The summed E-state index contributed by atoms with van der Waals surface area (Å²) in [5.41, 5.74) is 7.08. The van der Waals surface area contributed by atoms with Crippen molar-refractivity contribution in [3.05, 3.63) is 65.2 Å². The van der Waals surface area contributed by atoms with Crippen LogP contribution in [0.15, 0.2) is 48.5 Å². The van der Waals surface area contributed by atoms with E-state index in [2.05, 4.69) is 41.7 Å². The third kappa shape index (κ3) is 4.17. The summed E-state index contributed by atoms with van der Waals surface area (Å²) in [5, 5.41) is 14.1. The number of hydrogen-bond donors (Lipinski definition) is 3. The number of fused-ring (bicyclic) bond motifs is 1. The van der Waals surface area contributed by atoms with Crippen LogP contribution >= 0.6 is 0 Å². The molecule has 0 bridgehead atoms. The van der Waals surface area contributed by atoms with Gasteiger partial charge in [0.25, 0.3) is 0 Å². The summed E-state index contributed by atoms with van der Waals surface area (Å²) in [6.07, 6.45) is 5.78. The van der Waals surface area contributed by atoms with Gasteiger partial charge in [-0.25, -0.2) is 10.2 Å². The fraction of sp³-hybridized carbons (Fsp3) is 0.304. The van der Waals surface area contributed by atoms with Gasteiger partial charge >= 0.3 is 5.97 Å². The van der Waals surface area contributed by atoms with E-state index in [9.17, 15) is 14.7 Å². The van der Waals surface area contributed by atoms with Gasteiger partial charge in [-0.3, -0.25) is 4.79 Å². The minimum absolute atomic E-state index is 0.0651. The Labute approximate surface area is 170 Å². The van der Waals surface area contributed by atoms with E-state index in [1.54, 1.807) is 24.3 Å². The molecule has 29 heavy (non-hydrogen) atoms. The highest BCUT2D eigenvalue weighted by molar-refractivity contribution is 6.06. The summed E-state index contributed by atoms with van der Waals surface area (Å²) in [7, 11) is 0. The molecular formula is C23H25N3O3. The van der Waals surface area contributed by atoms with E-state index in [0.29, 0.717) is 0 Å². The molecule has 3 N–H and O–H groups in total. The minimum Gasteiger partial charge on any atom is -0.478 e. The number of hydrazine groups is 1. The number of rotatable bonds is 6. The van der Waals surface area contributed by atoms with Crippen LogP contribution in [0.3, 0.4) is 0 Å². The molecule has 0 unspecified atom stereocenters. The Kier molecular flexibility index (Phi) is 4.88. The van der Waals surface area contributed by atoms with Gasteiger partial charge in [0.2, 0.25) is 5.91 Å². The molecule has 1 heterocycles. The molecule has 1 amide bonds. The van der Waals surface area contributed by atoms with Gasteiger partial charge in [0, 0.05) is 12.6 Å². The third-order valence-corrected chi connectivity index (χ3v) is 5.38. The van der Waals surface area contributed by atoms with Crippen molar-refractivity contribution < 1.29 is 14.7 Å². The average Bonchev–Trinajstić information content (AvgIpc) is 3.45. The highest BCUT2D eigenvalue weighted by Crippen LogP contribution is 2.40. The van der Waals surface area contributed by atoms with E-state index in [4.69, 9.17) is 0 Å². The third-order valence-electron chi connectivity index (χ3n) is 5.38. The number of carbonyl (C=O) groups is 2. The molecule has 0 aromatic heterocycles. The van der Waals surface area contributed by atoms with Crippen LogP contribution < -0.4 is 15.8 Å². The van der Waals surface area contributed by atoms with E-state index in [1.165, 1.54) is 36.2 Å². The van der Waals surface area contributed by atoms with Crippen LogP contribution in [-0.2, 0) is 10.3 Å². The van der Waals surface area contributed by atoms with Gasteiger partial charge in [-0.05, 0) is 74.1 Å². The summed E-state index contributed by atoms with van der Waals surface area (Å²) in [6.45, 7) is 5.33. The van der Waals surface area contributed by atoms with Crippen molar-refractivity contribution in [3.8, 4) is 0 Å². The van der Waals surface area contributed by atoms with Gasteiger partial charge in [-0.15, -0.1) is 0 Å². The molecule has 1 fully saturated rings. The number of nitrogens with one attached hydrogen (secondary N) is 2. The van der Waals surface area contributed by atoms with Gasteiger partial charge in [0.1, 0.15) is 0 Å². The first-order valence-corrected chi connectivity index (χ1v) is 9.85. The lowest BCUT2D eigenvalue weighted by Crippen LogP contribution is -2.43. The van der Waals surface area contributed by atoms with Gasteiger partial charge < -0.3 is 15.4 Å². The molecule has 0 radical (unpaired) electrons. The predicted octanol–water partition coefficient (Wildman–Crippen LogP) is 4.01. The lowest BCUT2D eigenvalue weighted by atomic mass is 9.93. The topological polar surface area (TPSA) is 81.7 Å². The van der Waals surface area contributed by atoms with E-state index in [1.807, 2.05) is 6.07 Å². The Bertz CT molecular complexity index is 993. The number of carboxylic acids is 1. The summed E-state index contributed by atoms with van der Waals surface area (Å²) >= 11 is 0. The molecule has 1 aliphatic heterocycles. The summed E-state index contributed by atoms with van der Waals surface area (Å²) in [5.74, 6) is -0.665. The number of hydrogen-bond acceptors (Lipinski definition) is 4. The number of anilines is 2. The number of benzene rings is 2. The van der Waals surface area contributed by atoms with Gasteiger partial charge in [0.05, 0.1) is 22.5 Å². The fourth-order valence-corrected chi connectivity index (χ4v) is 3.68. The summed E-state index contributed by atoms with van der Waals surface area (Å²) in [6, 6.07) is 12.5. The van der Waals surface area contributed by atoms with Crippen molar-refractivity contribution in [2.75, 3.05) is 16.9 Å². The molecule has 4 rings (SSSR count). The van der Waals surface area contributed by atoms with Crippen molar-refractivity contribution >= 4 is 29.3 Å². The van der Waals surface area contributed by atoms with E-state index in [0.717, 1.165) is 18.0 Å². The first kappa shape index (κ1) is 19.2. The first-order valence-electron chi connectivity index (χ1n) is 9.85. The quantitative estimate of drug-likeness (QED) is 0.649. The molecule has 1 aliphatic carbocycles. The number of aromatic carboxylic acids is 1. The second kappa shape index (κ2) is 7.37. The maximum absolute atomic E-state index is 12.3. The van der Waals surface area contributed by atoms with Crippen LogP contribution in [-0.4, -0.2) is 23.5 Å². The lowest BCUT2D eigenvalue weighted by Gasteiger charge is -2.24. The lowest BCUT2D eigenvalue weighted by molar-refractivity contribution is -0.111. The normalized spacial score (nSPS) is 17.4. The number of carbonyl (C=O) groups excluding carboxylic acids is 1. The highest BCUT2D eigenvalue weighted by atomic mass is 16.4. The van der Waals surface area contributed by atoms with Crippen molar-refractivity contribution in [3.63, 3.8) is 0 Å². The summed E-state index contributed by atoms with van der Waals surface area (Å²) < 4.78 is 0. The largest absolute Gasteiger partial charge is 0.478 e. The molecule has 6 nitrogen and oxygen atoms in total. The number of nitrogens with zero attached hydrogens (tertiary/aromatic N) is 1. The molecule has 6 heteroatoms. The van der Waals surface area contributed by atoms with Crippen LogP contribution in [0.1, 0.15) is 48.2 Å². The fourth-order valence-electron chi connectivity index (χ4n) is 3.68. The Hall–Kier alpha value is -3.12. The maximum atomic E-state index is 12.3. The second-order valence-electron chi connectivity index (χ2n) is 8.24. The Morgan fingerprint density at radius 2 is 2.00 bits per heavy atom. The monoisotopic (exact) mass is 391 g/mol. The first-order chi connectivity index (χ1) is 13.8. The molecule has 2 aliphatic rings. The second-order valence-corrected chi connectivity index (χ2v) is 8.24. The van der Waals surface area contributed by atoms with Gasteiger partial charge in [-0.2, -0.15) is 0 Å². The zero-order valence-corrected chi connectivity index (χ0v) is 16.6. The van der Waals surface area contributed by atoms with E-state index < -0.39 is 5.97 Å². The van der Waals surface area contributed by atoms with Crippen LogP contribution in [0.25, 0.3) is 6.08 Å².